The van der Waals surface area contributed by atoms with Gasteiger partial charge in [-0.15, -0.1) is 0 Å². The molecule has 9 aromatic heterocycles. The molecule has 0 amide bonds. The normalized spacial score (nSPS) is 18.1. The molecule has 0 aliphatic carbocycles. The van der Waals surface area contributed by atoms with Gasteiger partial charge in [-0.25, -0.2) is 86.2 Å². The lowest BCUT2D eigenvalue weighted by Gasteiger charge is -2.33. The zero-order chi connectivity index (χ0) is 80.0. The first kappa shape index (κ1) is 80.0. The molecule has 12 aromatic rings. The summed E-state index contributed by atoms with van der Waals surface area (Å²) in [6.07, 6.45) is 17.0. The minimum absolute atomic E-state index is 0.00704. The number of imidazole rings is 3. The molecule has 4 N–H and O–H groups in total. The summed E-state index contributed by atoms with van der Waals surface area (Å²) in [4.78, 5) is 65.7. The maximum absolute atomic E-state index is 15.1. The molecule has 0 radical (unpaired) electrons. The number of nitrogens with zero attached hydrogens (tertiary/aromatic N) is 21. The van der Waals surface area contributed by atoms with Crippen molar-refractivity contribution in [1.29, 1.82) is 0 Å². The van der Waals surface area contributed by atoms with E-state index in [0.29, 0.717) is 73.3 Å². The number of aryl methyl sites for hydroxylation is 3. The molecule has 0 saturated carbocycles. The van der Waals surface area contributed by atoms with E-state index in [9.17, 15) is 17.6 Å². The molecule has 6 aliphatic rings. The highest BCUT2D eigenvalue weighted by atomic mass is 35.5. The number of anilines is 5. The fraction of sp³-hybridized carbons (Fsp3) is 0.429. The minimum atomic E-state index is -0.638. The number of likely N-dealkylation sites (N-methyl/N-ethyl adjacent to an activating group) is 3. The van der Waals surface area contributed by atoms with Crippen molar-refractivity contribution in [2.75, 3.05) is 115 Å². The van der Waals surface area contributed by atoms with Crippen LogP contribution in [0.5, 0.6) is 0 Å². The summed E-state index contributed by atoms with van der Waals surface area (Å²) < 4.78 is 94.6. The SMILES string of the molecule is CCC1CCc2nc3c(F)cc(-c4nc(Cl)ncc4F)cc3n21.CCC1CCc2nc3c(F)cc(-c4nc(Nc5ccc(CN6CCN(CC)CC6)cn5)ncc4F)cc3n21.CCC1CCc2nc3c(F)cc(-c4nc(Nc5ccc(CN6CCN(CC)CC6)cn5)ncc4F)cc3n21.CCN1CCN(Cc2ccc(N)nc2)CC1. The van der Waals surface area contributed by atoms with Gasteiger partial charge in [0.2, 0.25) is 17.2 Å². The van der Waals surface area contributed by atoms with E-state index in [1.165, 1.54) is 36.9 Å². The number of fused-ring (bicyclic) bond motifs is 9. The molecule has 602 valence electrons. The van der Waals surface area contributed by atoms with E-state index in [4.69, 9.17) is 17.3 Å². The van der Waals surface area contributed by atoms with Gasteiger partial charge >= 0.3 is 0 Å². The third-order valence-electron chi connectivity index (χ3n) is 23.0. The molecule has 6 aliphatic heterocycles. The van der Waals surface area contributed by atoms with E-state index in [1.807, 2.05) is 48.9 Å². The molecule has 3 aromatic carbocycles. The lowest BCUT2D eigenvalue weighted by Crippen LogP contribution is -2.45. The lowest BCUT2D eigenvalue weighted by atomic mass is 10.1. The van der Waals surface area contributed by atoms with Crippen LogP contribution in [0.4, 0.5) is 55.7 Å². The number of pyridine rings is 3. The third-order valence-corrected chi connectivity index (χ3v) is 23.2. The summed E-state index contributed by atoms with van der Waals surface area (Å²) >= 11 is 5.74. The molecule has 3 fully saturated rings. The minimum Gasteiger partial charge on any atom is -0.384 e. The van der Waals surface area contributed by atoms with Crippen molar-refractivity contribution in [2.45, 2.75) is 137 Å². The zero-order valence-corrected chi connectivity index (χ0v) is 66.6. The van der Waals surface area contributed by atoms with Crippen molar-refractivity contribution in [3.63, 3.8) is 0 Å². The topological polar surface area (TPSA) is 239 Å². The first-order valence-electron chi connectivity index (χ1n) is 40.2. The van der Waals surface area contributed by atoms with Crippen LogP contribution in [0.3, 0.4) is 0 Å². The number of nitrogens with two attached hydrogens (primary N) is 1. The zero-order valence-electron chi connectivity index (χ0n) is 65.8. The largest absolute Gasteiger partial charge is 0.384 e. The number of piperazine rings is 3. The average molecular weight is 1590 g/mol. The maximum Gasteiger partial charge on any atom is 0.229 e. The highest BCUT2D eigenvalue weighted by molar-refractivity contribution is 6.28. The Morgan fingerprint density at radius 3 is 1.00 bits per heavy atom. The Labute approximate surface area is 669 Å². The molecule has 3 unspecified atom stereocenters. The lowest BCUT2D eigenvalue weighted by molar-refractivity contribution is 0.132. The summed E-state index contributed by atoms with van der Waals surface area (Å²) in [6.45, 7) is 32.2. The average Bonchev–Trinajstić information content (AvgIpc) is 1.61. The summed E-state index contributed by atoms with van der Waals surface area (Å²) in [7, 11) is 0. The van der Waals surface area contributed by atoms with Crippen LogP contribution in [0, 0.1) is 34.9 Å². The van der Waals surface area contributed by atoms with E-state index < -0.39 is 34.9 Å². The van der Waals surface area contributed by atoms with E-state index >= 15 is 8.78 Å². The van der Waals surface area contributed by atoms with Gasteiger partial charge in [0.05, 0.1) is 35.1 Å². The smallest absolute Gasteiger partial charge is 0.229 e. The van der Waals surface area contributed by atoms with Crippen molar-refractivity contribution in [3.05, 3.63) is 184 Å². The van der Waals surface area contributed by atoms with Crippen LogP contribution in [-0.4, -0.2) is 201 Å². The van der Waals surface area contributed by atoms with Crippen LogP contribution < -0.4 is 16.4 Å². The second kappa shape index (κ2) is 35.9. The van der Waals surface area contributed by atoms with Gasteiger partial charge in [0.15, 0.2) is 34.9 Å². The number of rotatable bonds is 19. The van der Waals surface area contributed by atoms with Gasteiger partial charge in [0, 0.05) is 171 Å². The standard InChI is InChI=1S/2C28H32F2N8.C16H13ClF2N4.C12H20N4/c2*1-3-20-6-8-25-34-27-21(29)13-19(14-23(27)38(20)25)26-22(30)16-32-28(35-26)33-24-7-5-18(15-31-24)17-37-11-9-36(4-2)10-12-37;1-2-9-3-4-13-21-15-10(18)5-8(6-12(15)23(9)13)14-11(19)7-20-16(17)22-14;1-2-15-5-7-16(8-6-15)10-11-3-4-12(13)14-9-11/h2*5,7,13-16,20H,3-4,6,8-12,17H2,1-2H3,(H,31,32,33,35);5-7,9H,2-4H2,1H3;3-4,9H,2,5-8,10H2,1H3,(H2,13,14). The van der Waals surface area contributed by atoms with Crippen LogP contribution in [0.15, 0.2) is 110 Å². The van der Waals surface area contributed by atoms with Gasteiger partial charge in [0.1, 0.15) is 68.6 Å². The summed E-state index contributed by atoms with van der Waals surface area (Å²) in [6, 6.07) is 21.7. The molecule has 18 rings (SSSR count). The predicted octanol–water partition coefficient (Wildman–Crippen LogP) is 15.0. The fourth-order valence-corrected chi connectivity index (χ4v) is 16.6. The number of hydrogen-bond donors (Lipinski definition) is 3. The Bertz CT molecular complexity index is 5150. The molecule has 31 heteroatoms. The van der Waals surface area contributed by atoms with Gasteiger partial charge in [0.25, 0.3) is 0 Å². The highest BCUT2D eigenvalue weighted by Gasteiger charge is 2.31. The predicted molar refractivity (Wildman–Crippen MR) is 436 cm³/mol. The van der Waals surface area contributed by atoms with Gasteiger partial charge in [-0.05, 0) is 141 Å². The van der Waals surface area contributed by atoms with E-state index in [-0.39, 0.29) is 46.3 Å². The molecule has 24 nitrogen and oxygen atoms in total. The fourth-order valence-electron chi connectivity index (χ4n) is 16.5. The van der Waals surface area contributed by atoms with Gasteiger partial charge < -0.3 is 44.8 Å². The number of aromatic nitrogens is 15. The third kappa shape index (κ3) is 18.1. The quantitative estimate of drug-likeness (QED) is 0.0504. The number of nitrogens with one attached hydrogen (secondary N) is 2. The van der Waals surface area contributed by atoms with Crippen molar-refractivity contribution in [2.24, 2.45) is 0 Å². The summed E-state index contributed by atoms with van der Waals surface area (Å²) in [5.74, 6) is 1.44. The van der Waals surface area contributed by atoms with Gasteiger partial charge in [-0.2, -0.15) is 0 Å². The number of halogens is 7. The van der Waals surface area contributed by atoms with Crippen molar-refractivity contribution >= 4 is 74.1 Å². The highest BCUT2D eigenvalue weighted by Crippen LogP contribution is 2.40. The Morgan fingerprint density at radius 1 is 0.365 bits per heavy atom. The molecular weight excluding hydrogens is 1490 g/mol. The molecule has 3 atom stereocenters. The Hall–Kier alpha value is -10.2. The maximum atomic E-state index is 15.1. The van der Waals surface area contributed by atoms with Crippen LogP contribution in [-0.2, 0) is 38.9 Å². The number of hydrogen-bond acceptors (Lipinski definition) is 21. The molecule has 15 heterocycles. The molecule has 115 heavy (non-hydrogen) atoms. The van der Waals surface area contributed by atoms with E-state index in [2.05, 4.69) is 161 Å². The van der Waals surface area contributed by atoms with Gasteiger partial charge in [-0.1, -0.05) is 59.7 Å². The second-order valence-electron chi connectivity index (χ2n) is 30.2. The Kier molecular flexibility index (Phi) is 25.0. The Balaban J connectivity index is 0.000000127. The van der Waals surface area contributed by atoms with Crippen LogP contribution >= 0.6 is 11.6 Å². The van der Waals surface area contributed by atoms with E-state index in [0.717, 1.165) is 210 Å². The first-order valence-corrected chi connectivity index (χ1v) is 40.6. The number of benzene rings is 3. The van der Waals surface area contributed by atoms with E-state index in [1.54, 1.807) is 18.2 Å². The van der Waals surface area contributed by atoms with Crippen LogP contribution in [0.25, 0.3) is 66.9 Å². The number of nitrogen functional groups attached to an aromatic ring is 1. The van der Waals surface area contributed by atoms with Crippen LogP contribution in [0.2, 0.25) is 5.28 Å². The monoisotopic (exact) mass is 1590 g/mol. The van der Waals surface area contributed by atoms with Crippen molar-refractivity contribution in [1.82, 2.24) is 103 Å². The second-order valence-corrected chi connectivity index (χ2v) is 30.5. The molecule has 0 spiro atoms. The van der Waals surface area contributed by atoms with Crippen molar-refractivity contribution < 1.29 is 26.3 Å². The summed E-state index contributed by atoms with van der Waals surface area (Å²) in [5, 5.41) is 6.04. The first-order chi connectivity index (χ1) is 55.9. The Morgan fingerprint density at radius 2 is 0.687 bits per heavy atom. The summed E-state index contributed by atoms with van der Waals surface area (Å²) in [5.41, 5.74) is 13.2. The van der Waals surface area contributed by atoms with Gasteiger partial charge in [-0.3, -0.25) is 14.7 Å². The van der Waals surface area contributed by atoms with Crippen molar-refractivity contribution in [3.8, 4) is 33.8 Å². The molecule has 3 saturated heterocycles. The van der Waals surface area contributed by atoms with Crippen LogP contribution in [0.1, 0.15) is 132 Å². The molecule has 0 bridgehead atoms. The molecular formula is C84H97ClF6N24.